The van der Waals surface area contributed by atoms with Crippen molar-refractivity contribution in [3.8, 4) is 5.75 Å². The highest BCUT2D eigenvalue weighted by Crippen LogP contribution is 2.20. The molecule has 0 amide bonds. The molecule has 0 saturated carbocycles. The highest BCUT2D eigenvalue weighted by molar-refractivity contribution is 7.80. The number of likely N-dealkylation sites (tertiary alicyclic amines) is 1. The van der Waals surface area contributed by atoms with Crippen LogP contribution >= 0.6 is 12.2 Å². The van der Waals surface area contributed by atoms with E-state index in [0.717, 1.165) is 24.3 Å². The maximum absolute atomic E-state index is 10.1. The first-order valence-electron chi connectivity index (χ1n) is 7.55. The van der Waals surface area contributed by atoms with E-state index in [4.69, 9.17) is 22.7 Å². The Bertz CT molecular complexity index is 464. The summed E-state index contributed by atoms with van der Waals surface area (Å²) in [6.45, 7) is 4.27. The lowest BCUT2D eigenvalue weighted by atomic mass is 10.1. The maximum atomic E-state index is 10.1. The Morgan fingerprint density at radius 1 is 1.48 bits per heavy atom. The van der Waals surface area contributed by atoms with Gasteiger partial charge in [0, 0.05) is 18.2 Å². The molecule has 1 aromatic rings. The quantitative estimate of drug-likeness (QED) is 0.754. The first-order valence-corrected chi connectivity index (χ1v) is 7.95. The summed E-state index contributed by atoms with van der Waals surface area (Å²) in [6, 6.07) is 7.93. The zero-order valence-corrected chi connectivity index (χ0v) is 13.3. The number of ether oxygens (including phenoxy) is 1. The van der Waals surface area contributed by atoms with Crippen molar-refractivity contribution >= 4 is 17.2 Å². The number of hydrogen-bond acceptors (Lipinski definition) is 4. The smallest absolute Gasteiger partial charge is 0.119 e. The van der Waals surface area contributed by atoms with Gasteiger partial charge in [0.15, 0.2) is 0 Å². The number of benzene rings is 1. The summed E-state index contributed by atoms with van der Waals surface area (Å²) in [5.74, 6) is 0.725. The molecule has 0 aliphatic carbocycles. The summed E-state index contributed by atoms with van der Waals surface area (Å²) in [6.07, 6.45) is 3.15. The molecule has 21 heavy (non-hydrogen) atoms. The minimum atomic E-state index is -0.465. The molecule has 116 valence electrons. The number of aliphatic hydroxyl groups excluding tert-OH is 1. The standard InChI is InChI=1S/C16H24N2O2S/c1-2-13-4-3-9-18(13)10-14(19)11-20-15-7-5-12(6-8-15)16(17)21/h5-8,13-14,19H,2-4,9-11H2,1H3,(H2,17,21). The molecule has 1 fully saturated rings. The summed E-state index contributed by atoms with van der Waals surface area (Å²) < 4.78 is 5.62. The first-order chi connectivity index (χ1) is 10.1. The van der Waals surface area contributed by atoms with Crippen LogP contribution in [0.15, 0.2) is 24.3 Å². The molecule has 1 aromatic carbocycles. The number of aliphatic hydroxyl groups is 1. The van der Waals surface area contributed by atoms with E-state index in [2.05, 4.69) is 11.8 Å². The van der Waals surface area contributed by atoms with Crippen molar-refractivity contribution in [3.63, 3.8) is 0 Å². The van der Waals surface area contributed by atoms with Gasteiger partial charge >= 0.3 is 0 Å². The van der Waals surface area contributed by atoms with E-state index in [1.54, 1.807) is 0 Å². The van der Waals surface area contributed by atoms with E-state index in [1.807, 2.05) is 24.3 Å². The molecule has 3 N–H and O–H groups in total. The van der Waals surface area contributed by atoms with Crippen molar-refractivity contribution in [1.82, 2.24) is 4.90 Å². The van der Waals surface area contributed by atoms with Crippen molar-refractivity contribution in [2.75, 3.05) is 19.7 Å². The summed E-state index contributed by atoms with van der Waals surface area (Å²) in [4.78, 5) is 2.74. The molecule has 1 aliphatic heterocycles. The van der Waals surface area contributed by atoms with E-state index >= 15 is 0 Å². The SMILES string of the molecule is CCC1CCCN1CC(O)COc1ccc(C(N)=S)cc1. The van der Waals surface area contributed by atoms with Crippen molar-refractivity contribution in [2.45, 2.75) is 38.3 Å². The van der Waals surface area contributed by atoms with Crippen LogP contribution in [0.3, 0.4) is 0 Å². The topological polar surface area (TPSA) is 58.7 Å². The molecule has 2 rings (SSSR count). The van der Waals surface area contributed by atoms with Crippen LogP contribution in [-0.4, -0.2) is 46.8 Å². The molecular weight excluding hydrogens is 284 g/mol. The number of β-amino-alcohol motifs (C(OH)–C–C–N with tert-alkyl or cyclic N) is 1. The largest absolute Gasteiger partial charge is 0.491 e. The van der Waals surface area contributed by atoms with Gasteiger partial charge in [-0.3, -0.25) is 4.90 Å². The van der Waals surface area contributed by atoms with Crippen LogP contribution in [0.5, 0.6) is 5.75 Å². The minimum absolute atomic E-state index is 0.305. The fraction of sp³-hybridized carbons (Fsp3) is 0.562. The Morgan fingerprint density at radius 2 is 2.19 bits per heavy atom. The zero-order chi connectivity index (χ0) is 15.2. The molecule has 1 heterocycles. The molecule has 0 radical (unpaired) electrons. The third-order valence-electron chi connectivity index (χ3n) is 4.00. The van der Waals surface area contributed by atoms with Crippen LogP contribution in [0, 0.1) is 0 Å². The van der Waals surface area contributed by atoms with Crippen molar-refractivity contribution in [1.29, 1.82) is 0 Å². The number of thiocarbonyl (C=S) groups is 1. The van der Waals surface area contributed by atoms with E-state index in [9.17, 15) is 5.11 Å². The molecule has 5 heteroatoms. The summed E-state index contributed by atoms with van der Waals surface area (Å²) in [5, 5.41) is 10.1. The molecule has 1 aliphatic rings. The molecule has 2 unspecified atom stereocenters. The van der Waals surface area contributed by atoms with Gasteiger partial charge in [0.1, 0.15) is 23.4 Å². The number of rotatable bonds is 7. The van der Waals surface area contributed by atoms with Crippen LogP contribution in [0.4, 0.5) is 0 Å². The molecule has 0 aromatic heterocycles. The lowest BCUT2D eigenvalue weighted by molar-refractivity contribution is 0.0634. The lowest BCUT2D eigenvalue weighted by Gasteiger charge is -2.25. The van der Waals surface area contributed by atoms with Gasteiger partial charge in [-0.2, -0.15) is 0 Å². The number of hydrogen-bond donors (Lipinski definition) is 2. The van der Waals surface area contributed by atoms with Crippen LogP contribution in [-0.2, 0) is 0 Å². The van der Waals surface area contributed by atoms with Crippen LogP contribution in [0.1, 0.15) is 31.7 Å². The lowest BCUT2D eigenvalue weighted by Crippen LogP contribution is -2.38. The highest BCUT2D eigenvalue weighted by Gasteiger charge is 2.24. The summed E-state index contributed by atoms with van der Waals surface area (Å²) in [5.41, 5.74) is 6.37. The second kappa shape index (κ2) is 7.73. The van der Waals surface area contributed by atoms with Gasteiger partial charge in [-0.15, -0.1) is 0 Å². The second-order valence-electron chi connectivity index (χ2n) is 5.55. The number of nitrogens with zero attached hydrogens (tertiary/aromatic N) is 1. The monoisotopic (exact) mass is 308 g/mol. The molecule has 2 atom stereocenters. The molecule has 1 saturated heterocycles. The van der Waals surface area contributed by atoms with Gasteiger partial charge in [-0.05, 0) is 50.1 Å². The van der Waals surface area contributed by atoms with Crippen molar-refractivity contribution < 1.29 is 9.84 Å². The van der Waals surface area contributed by atoms with Gasteiger partial charge in [0.2, 0.25) is 0 Å². The van der Waals surface area contributed by atoms with E-state index in [1.165, 1.54) is 12.8 Å². The maximum Gasteiger partial charge on any atom is 0.119 e. The predicted molar refractivity (Wildman–Crippen MR) is 88.7 cm³/mol. The fourth-order valence-corrected chi connectivity index (χ4v) is 2.97. The number of nitrogens with two attached hydrogens (primary N) is 1. The Labute approximate surface area is 131 Å². The third kappa shape index (κ3) is 4.66. The zero-order valence-electron chi connectivity index (χ0n) is 12.5. The van der Waals surface area contributed by atoms with Crippen molar-refractivity contribution in [2.24, 2.45) is 5.73 Å². The minimum Gasteiger partial charge on any atom is -0.491 e. The van der Waals surface area contributed by atoms with Crippen LogP contribution in [0.2, 0.25) is 0 Å². The molecule has 0 bridgehead atoms. The summed E-state index contributed by atoms with van der Waals surface area (Å²) >= 11 is 4.91. The van der Waals surface area contributed by atoms with E-state index in [-0.39, 0.29) is 0 Å². The van der Waals surface area contributed by atoms with Gasteiger partial charge in [-0.1, -0.05) is 19.1 Å². The fourth-order valence-electron chi connectivity index (χ4n) is 2.83. The Kier molecular flexibility index (Phi) is 5.96. The third-order valence-corrected chi connectivity index (χ3v) is 4.23. The normalized spacial score (nSPS) is 20.4. The summed E-state index contributed by atoms with van der Waals surface area (Å²) in [7, 11) is 0. The Morgan fingerprint density at radius 3 is 2.81 bits per heavy atom. The first kappa shape index (κ1) is 16.2. The Hall–Kier alpha value is -1.17. The average molecular weight is 308 g/mol. The van der Waals surface area contributed by atoms with Gasteiger partial charge in [0.25, 0.3) is 0 Å². The van der Waals surface area contributed by atoms with E-state index < -0.39 is 6.10 Å². The molecular formula is C16H24N2O2S. The van der Waals surface area contributed by atoms with Crippen molar-refractivity contribution in [3.05, 3.63) is 29.8 Å². The van der Waals surface area contributed by atoms with Crippen LogP contribution in [0.25, 0.3) is 0 Å². The Balaban J connectivity index is 1.78. The van der Waals surface area contributed by atoms with Gasteiger partial charge in [0.05, 0.1) is 0 Å². The highest BCUT2D eigenvalue weighted by atomic mass is 32.1. The molecule has 4 nitrogen and oxygen atoms in total. The molecule has 0 spiro atoms. The van der Waals surface area contributed by atoms with Gasteiger partial charge < -0.3 is 15.6 Å². The van der Waals surface area contributed by atoms with Gasteiger partial charge in [-0.25, -0.2) is 0 Å². The second-order valence-corrected chi connectivity index (χ2v) is 5.99. The average Bonchev–Trinajstić information content (AvgIpc) is 2.92. The van der Waals surface area contributed by atoms with E-state index in [0.29, 0.717) is 24.2 Å². The predicted octanol–water partition coefficient (Wildman–Crippen LogP) is 1.93. The van der Waals surface area contributed by atoms with Crippen LogP contribution < -0.4 is 10.5 Å².